The van der Waals surface area contributed by atoms with Crippen molar-refractivity contribution in [2.24, 2.45) is 0 Å². The number of carbonyl (C=O) groups excluding carboxylic acids is 2. The summed E-state index contributed by atoms with van der Waals surface area (Å²) < 4.78 is 27.4. The summed E-state index contributed by atoms with van der Waals surface area (Å²) in [5.41, 5.74) is 0. The van der Waals surface area contributed by atoms with Gasteiger partial charge in [0.15, 0.2) is 11.6 Å². The SMILES string of the molecule is CC1(CCNC(=O)CCCOCCC(=O)NCCC2(C)OCCO2)OCCO1. The lowest BCUT2D eigenvalue weighted by Gasteiger charge is -2.22. The summed E-state index contributed by atoms with van der Waals surface area (Å²) in [7, 11) is 0. The van der Waals surface area contributed by atoms with Gasteiger partial charge in [-0.05, 0) is 20.3 Å². The Kier molecular flexibility index (Phi) is 9.60. The summed E-state index contributed by atoms with van der Waals surface area (Å²) in [6.07, 6.45) is 2.55. The van der Waals surface area contributed by atoms with Gasteiger partial charge in [-0.15, -0.1) is 0 Å². The van der Waals surface area contributed by atoms with Gasteiger partial charge in [0.1, 0.15) is 0 Å². The summed E-state index contributed by atoms with van der Waals surface area (Å²) in [6, 6.07) is 0. The molecular formula is C19H34N2O7. The zero-order chi connectivity index (χ0) is 20.3. The molecule has 0 aliphatic carbocycles. The van der Waals surface area contributed by atoms with Crippen molar-refractivity contribution in [1.29, 1.82) is 0 Å². The molecule has 0 spiro atoms. The van der Waals surface area contributed by atoms with Gasteiger partial charge >= 0.3 is 0 Å². The molecule has 2 aliphatic heterocycles. The summed E-state index contributed by atoms with van der Waals surface area (Å²) in [6.45, 7) is 7.96. The van der Waals surface area contributed by atoms with Crippen molar-refractivity contribution in [3.63, 3.8) is 0 Å². The predicted octanol–water partition coefficient (Wildman–Crippen LogP) is 0.712. The predicted molar refractivity (Wildman–Crippen MR) is 101 cm³/mol. The Morgan fingerprint density at radius 3 is 1.75 bits per heavy atom. The molecule has 2 aliphatic rings. The lowest BCUT2D eigenvalue weighted by Crippen LogP contribution is -2.34. The molecule has 0 aromatic rings. The van der Waals surface area contributed by atoms with E-state index in [1.807, 2.05) is 13.8 Å². The molecule has 0 aromatic carbocycles. The van der Waals surface area contributed by atoms with Gasteiger partial charge in [-0.3, -0.25) is 9.59 Å². The Bertz CT molecular complexity index is 445. The molecule has 9 heteroatoms. The van der Waals surface area contributed by atoms with Gasteiger partial charge in [0.25, 0.3) is 0 Å². The molecule has 2 rings (SSSR count). The maximum Gasteiger partial charge on any atom is 0.222 e. The smallest absolute Gasteiger partial charge is 0.222 e. The van der Waals surface area contributed by atoms with Crippen LogP contribution in [0.15, 0.2) is 0 Å². The van der Waals surface area contributed by atoms with Gasteiger partial charge in [0.05, 0.1) is 33.0 Å². The van der Waals surface area contributed by atoms with Crippen molar-refractivity contribution < 1.29 is 33.3 Å². The van der Waals surface area contributed by atoms with Crippen LogP contribution in [-0.4, -0.2) is 76.1 Å². The minimum absolute atomic E-state index is 0.0206. The molecule has 0 atom stereocenters. The fourth-order valence-corrected chi connectivity index (χ4v) is 3.04. The highest BCUT2D eigenvalue weighted by Gasteiger charge is 2.31. The van der Waals surface area contributed by atoms with Crippen LogP contribution in [0.25, 0.3) is 0 Å². The Balaban J connectivity index is 1.38. The average Bonchev–Trinajstić information content (AvgIpc) is 3.27. The van der Waals surface area contributed by atoms with E-state index in [0.717, 1.165) is 0 Å². The van der Waals surface area contributed by atoms with E-state index in [1.54, 1.807) is 0 Å². The highest BCUT2D eigenvalue weighted by Crippen LogP contribution is 2.22. The van der Waals surface area contributed by atoms with E-state index < -0.39 is 11.6 Å². The maximum atomic E-state index is 11.8. The number of rotatable bonds is 13. The van der Waals surface area contributed by atoms with E-state index in [-0.39, 0.29) is 11.8 Å². The molecule has 2 amide bonds. The number of hydrogen-bond donors (Lipinski definition) is 2. The summed E-state index contributed by atoms with van der Waals surface area (Å²) in [5, 5.41) is 5.68. The molecular weight excluding hydrogens is 368 g/mol. The molecule has 2 fully saturated rings. The van der Waals surface area contributed by atoms with Crippen molar-refractivity contribution in [2.45, 2.75) is 57.5 Å². The first-order chi connectivity index (χ1) is 13.4. The number of carbonyl (C=O) groups is 2. The fraction of sp³-hybridized carbons (Fsp3) is 0.895. The first-order valence-corrected chi connectivity index (χ1v) is 10.1. The highest BCUT2D eigenvalue weighted by molar-refractivity contribution is 5.76. The van der Waals surface area contributed by atoms with Crippen molar-refractivity contribution in [1.82, 2.24) is 10.6 Å². The van der Waals surface area contributed by atoms with E-state index in [0.29, 0.717) is 84.8 Å². The van der Waals surface area contributed by atoms with Crippen LogP contribution >= 0.6 is 0 Å². The zero-order valence-corrected chi connectivity index (χ0v) is 17.1. The molecule has 2 N–H and O–H groups in total. The molecule has 0 saturated carbocycles. The Labute approximate surface area is 166 Å². The van der Waals surface area contributed by atoms with Crippen LogP contribution in [-0.2, 0) is 33.3 Å². The third kappa shape index (κ3) is 8.83. The van der Waals surface area contributed by atoms with Gasteiger partial charge < -0.3 is 34.3 Å². The van der Waals surface area contributed by atoms with Crippen LogP contribution in [0.4, 0.5) is 0 Å². The Morgan fingerprint density at radius 2 is 1.25 bits per heavy atom. The first-order valence-electron chi connectivity index (χ1n) is 10.1. The highest BCUT2D eigenvalue weighted by atomic mass is 16.7. The second kappa shape index (κ2) is 11.7. The number of nitrogens with one attached hydrogen (secondary N) is 2. The largest absolute Gasteiger partial charge is 0.381 e. The number of amides is 2. The van der Waals surface area contributed by atoms with Crippen LogP contribution < -0.4 is 10.6 Å². The molecule has 28 heavy (non-hydrogen) atoms. The minimum Gasteiger partial charge on any atom is -0.381 e. The molecule has 9 nitrogen and oxygen atoms in total. The third-order valence-electron chi connectivity index (χ3n) is 4.76. The van der Waals surface area contributed by atoms with Gasteiger partial charge in [0.2, 0.25) is 11.8 Å². The van der Waals surface area contributed by atoms with Crippen LogP contribution in [0.5, 0.6) is 0 Å². The van der Waals surface area contributed by atoms with Crippen molar-refractivity contribution >= 4 is 11.8 Å². The van der Waals surface area contributed by atoms with Gasteiger partial charge in [-0.25, -0.2) is 0 Å². The molecule has 0 radical (unpaired) electrons. The quantitative estimate of drug-likeness (QED) is 0.437. The molecule has 0 aromatic heterocycles. The van der Waals surface area contributed by atoms with Crippen LogP contribution in [0.2, 0.25) is 0 Å². The second-order valence-electron chi connectivity index (χ2n) is 7.33. The fourth-order valence-electron chi connectivity index (χ4n) is 3.04. The second-order valence-corrected chi connectivity index (χ2v) is 7.33. The van der Waals surface area contributed by atoms with Crippen LogP contribution in [0, 0.1) is 0 Å². The van der Waals surface area contributed by atoms with E-state index in [9.17, 15) is 9.59 Å². The first kappa shape index (κ1) is 23.0. The monoisotopic (exact) mass is 402 g/mol. The normalized spacial score (nSPS) is 20.2. The minimum atomic E-state index is -0.584. The van der Waals surface area contributed by atoms with Crippen molar-refractivity contribution in [3.8, 4) is 0 Å². The van der Waals surface area contributed by atoms with E-state index in [1.165, 1.54) is 0 Å². The van der Waals surface area contributed by atoms with Crippen molar-refractivity contribution in [2.75, 3.05) is 52.7 Å². The summed E-state index contributed by atoms with van der Waals surface area (Å²) in [5.74, 6) is -1.25. The Hall–Kier alpha value is -1.26. The molecule has 162 valence electrons. The molecule has 2 saturated heterocycles. The number of hydrogen-bond acceptors (Lipinski definition) is 7. The standard InChI is InChI=1S/C19H34N2O7/c1-18(25-12-13-26-18)6-8-20-16(22)4-3-10-24-11-5-17(23)21-9-7-19(2)27-14-15-28-19/h3-15H2,1-2H3,(H,20,22)(H,21,23). The Morgan fingerprint density at radius 1 is 0.786 bits per heavy atom. The van der Waals surface area contributed by atoms with Crippen LogP contribution in [0.3, 0.4) is 0 Å². The van der Waals surface area contributed by atoms with E-state index in [2.05, 4.69) is 10.6 Å². The summed E-state index contributed by atoms with van der Waals surface area (Å²) in [4.78, 5) is 23.5. The lowest BCUT2D eigenvalue weighted by atomic mass is 10.2. The van der Waals surface area contributed by atoms with Crippen LogP contribution in [0.1, 0.15) is 46.0 Å². The molecule has 0 unspecified atom stereocenters. The van der Waals surface area contributed by atoms with E-state index in [4.69, 9.17) is 23.7 Å². The zero-order valence-electron chi connectivity index (χ0n) is 17.1. The van der Waals surface area contributed by atoms with Gasteiger partial charge in [0, 0.05) is 45.4 Å². The van der Waals surface area contributed by atoms with E-state index >= 15 is 0 Å². The van der Waals surface area contributed by atoms with Crippen molar-refractivity contribution in [3.05, 3.63) is 0 Å². The number of ether oxygens (including phenoxy) is 5. The topological polar surface area (TPSA) is 104 Å². The third-order valence-corrected chi connectivity index (χ3v) is 4.76. The lowest BCUT2D eigenvalue weighted by molar-refractivity contribution is -0.147. The molecule has 0 bridgehead atoms. The summed E-state index contributed by atoms with van der Waals surface area (Å²) >= 11 is 0. The maximum absolute atomic E-state index is 11.8. The van der Waals surface area contributed by atoms with Gasteiger partial charge in [-0.2, -0.15) is 0 Å². The molecule has 2 heterocycles. The average molecular weight is 402 g/mol. The van der Waals surface area contributed by atoms with Gasteiger partial charge in [-0.1, -0.05) is 0 Å².